The van der Waals surface area contributed by atoms with E-state index in [1.807, 2.05) is 44.4 Å². The number of ether oxygens (including phenoxy) is 1. The zero-order chi connectivity index (χ0) is 41.2. The summed E-state index contributed by atoms with van der Waals surface area (Å²) in [6, 6.07) is 14.8. The zero-order valence-corrected chi connectivity index (χ0v) is 34.9. The number of aliphatic hydroxyl groups is 2. The van der Waals surface area contributed by atoms with Gasteiger partial charge in [-0.1, -0.05) is 57.5 Å². The van der Waals surface area contributed by atoms with E-state index in [9.17, 15) is 19.8 Å². The molecule has 1 saturated heterocycles. The summed E-state index contributed by atoms with van der Waals surface area (Å²) in [7, 11) is 5.67. The van der Waals surface area contributed by atoms with Gasteiger partial charge in [0, 0.05) is 61.3 Å². The molecule has 8 N–H and O–H groups in total. The monoisotopic (exact) mass is 790 g/mol. The number of nitrogens with one attached hydrogen (secondary N) is 4. The number of aliphatic hydroxyl groups excluding tert-OH is 2. The highest BCUT2D eigenvalue weighted by Crippen LogP contribution is 2.61. The van der Waals surface area contributed by atoms with Gasteiger partial charge in [0.05, 0.1) is 18.8 Å². The molecule has 13 nitrogen and oxygen atoms in total. The number of likely N-dealkylation sites (N-methyl/N-ethyl adjacent to an activating group) is 1. The molecule has 5 aliphatic rings. The molecule has 0 spiro atoms. The van der Waals surface area contributed by atoms with Gasteiger partial charge in [0.15, 0.2) is 5.96 Å². The number of methoxy groups -OCH3 is 1. The fraction of sp³-hybridized carbons (Fsp3) is 0.659. The van der Waals surface area contributed by atoms with E-state index < -0.39 is 24.2 Å². The molecule has 3 unspecified atom stereocenters. The third-order valence-electron chi connectivity index (χ3n) is 13.9. The predicted molar refractivity (Wildman–Crippen MR) is 222 cm³/mol. The lowest BCUT2D eigenvalue weighted by Crippen LogP contribution is -2.62. The number of hydrogen-bond acceptors (Lipinski definition) is 9. The van der Waals surface area contributed by atoms with Gasteiger partial charge in [-0.15, -0.1) is 0 Å². The highest BCUT2D eigenvalue weighted by Gasteiger charge is 2.57. The number of nitrogens with zero attached hydrogens (tertiary/aromatic N) is 2. The van der Waals surface area contributed by atoms with Crippen LogP contribution in [0.3, 0.4) is 0 Å². The molecule has 7 rings (SSSR count). The Morgan fingerprint density at radius 3 is 2.49 bits per heavy atom. The van der Waals surface area contributed by atoms with Crippen LogP contribution in [0.2, 0.25) is 0 Å². The van der Waals surface area contributed by atoms with E-state index >= 15 is 0 Å². The number of hydrogen-bond donors (Lipinski definition) is 7. The van der Waals surface area contributed by atoms with E-state index in [0.29, 0.717) is 48.5 Å². The van der Waals surface area contributed by atoms with Gasteiger partial charge in [0.25, 0.3) is 5.91 Å². The van der Waals surface area contributed by atoms with Crippen molar-refractivity contribution in [3.63, 3.8) is 0 Å². The Kier molecular flexibility index (Phi) is 13.7. The Hall–Kier alpha value is -3.59. The van der Waals surface area contributed by atoms with Crippen molar-refractivity contribution in [2.75, 3.05) is 46.2 Å². The Morgan fingerprint density at radius 1 is 1.14 bits per heavy atom. The molecule has 57 heavy (non-hydrogen) atoms. The minimum Gasteiger partial charge on any atom is -0.394 e. The van der Waals surface area contributed by atoms with Gasteiger partial charge in [-0.25, -0.2) is 0 Å². The number of guanidine groups is 1. The zero-order valence-electron chi connectivity index (χ0n) is 34.9. The number of rotatable bonds is 15. The molecule has 5 fully saturated rings. The summed E-state index contributed by atoms with van der Waals surface area (Å²) in [6.45, 7) is 9.27. The molecule has 4 aliphatic carbocycles. The predicted octanol–water partition coefficient (Wildman–Crippen LogP) is 3.95. The highest BCUT2D eigenvalue weighted by molar-refractivity contribution is 5.97. The summed E-state index contributed by atoms with van der Waals surface area (Å²) in [5.41, 5.74) is 9.09. The SMILES string of the molecule is COC1C(CN2O[C@@H](CO)[C@@H]([C@H](C)O)[C@H]2C(=O)N[C@H]2C[C@H]3C[C@@H]([C@@H]2C)C3(C)C)CCCC1c1cc(NC(=N)N)cc(C(=O)N[C@@H](Cc2ccccc2)CN(C)C)c1. The first-order valence-electron chi connectivity index (χ1n) is 20.9. The van der Waals surface area contributed by atoms with Crippen molar-refractivity contribution in [1.29, 1.82) is 5.41 Å². The van der Waals surface area contributed by atoms with Crippen molar-refractivity contribution in [3.8, 4) is 0 Å². The van der Waals surface area contributed by atoms with Gasteiger partial charge in [-0.05, 0) is 106 Å². The number of nitrogens with two attached hydrogens (primary N) is 1. The van der Waals surface area contributed by atoms with Gasteiger partial charge in [0.1, 0.15) is 12.1 Å². The van der Waals surface area contributed by atoms with Gasteiger partial charge in [-0.3, -0.25) is 19.8 Å². The van der Waals surface area contributed by atoms with Crippen LogP contribution in [-0.4, -0.2) is 115 Å². The van der Waals surface area contributed by atoms with E-state index in [1.165, 1.54) is 6.42 Å². The maximum absolute atomic E-state index is 14.3. The van der Waals surface area contributed by atoms with Gasteiger partial charge in [-0.2, -0.15) is 5.06 Å². The number of fused-ring (bicyclic) bond motifs is 2. The lowest BCUT2D eigenvalue weighted by atomic mass is 9.45. The molecule has 2 aromatic rings. The second-order valence-electron chi connectivity index (χ2n) is 18.3. The fourth-order valence-electron chi connectivity index (χ4n) is 10.9. The van der Waals surface area contributed by atoms with Crippen LogP contribution in [0, 0.1) is 40.4 Å². The number of carbonyl (C=O) groups is 2. The van der Waals surface area contributed by atoms with Crippen molar-refractivity contribution in [3.05, 3.63) is 65.2 Å². The smallest absolute Gasteiger partial charge is 0.251 e. The molecular weight excluding hydrogens is 723 g/mol. The molecule has 2 amide bonds. The number of amides is 2. The van der Waals surface area contributed by atoms with Crippen LogP contribution >= 0.6 is 0 Å². The summed E-state index contributed by atoms with van der Waals surface area (Å²) in [6.07, 6.45) is 3.37. The first-order valence-corrected chi connectivity index (χ1v) is 20.9. The number of carbonyl (C=O) groups excluding carboxylic acids is 2. The standard InChI is InChI=1S/C44H67N7O6/c1-25-35-20-31(44(35,3)4)21-36(25)49-42(55)39-38(26(2)53)37(24-52)57-51(39)22-28-14-11-15-34(40(28)56-7)29-17-30(19-32(18-29)48-43(45)46)41(54)47-33(23-50(5)6)16-27-12-9-8-10-13-27/h8-10,12-13,17-19,25-26,28,31,33-40,52-53H,11,14-16,20-24H2,1-7H3,(H,47,54)(H,49,55)(H4,45,46,48)/t25-,26-,28?,31+,33-,34?,35-,36-,37-,38+,39-,40?/m0/s1. The molecule has 2 bridgehead atoms. The van der Waals surface area contributed by atoms with Crippen LogP contribution in [0.15, 0.2) is 48.5 Å². The summed E-state index contributed by atoms with van der Waals surface area (Å²) < 4.78 is 6.30. The van der Waals surface area contributed by atoms with Crippen LogP contribution < -0.4 is 21.7 Å². The summed E-state index contributed by atoms with van der Waals surface area (Å²) in [4.78, 5) is 36.8. The van der Waals surface area contributed by atoms with Crippen LogP contribution in [0.1, 0.15) is 87.2 Å². The van der Waals surface area contributed by atoms with E-state index in [0.717, 1.165) is 36.8 Å². The third kappa shape index (κ3) is 9.50. The van der Waals surface area contributed by atoms with E-state index in [4.69, 9.17) is 20.7 Å². The minimum atomic E-state index is -0.887. The molecule has 314 valence electrons. The van der Waals surface area contributed by atoms with Crippen LogP contribution in [0.5, 0.6) is 0 Å². The molecule has 2 aromatic carbocycles. The first-order chi connectivity index (χ1) is 27.1. The molecule has 0 radical (unpaired) electrons. The summed E-state index contributed by atoms with van der Waals surface area (Å²) in [5.74, 6) is 0.0254. The molecule has 1 heterocycles. The summed E-state index contributed by atoms with van der Waals surface area (Å²) in [5, 5.41) is 40.6. The molecule has 13 heteroatoms. The average Bonchev–Trinajstić information content (AvgIpc) is 3.53. The van der Waals surface area contributed by atoms with Crippen LogP contribution in [0.25, 0.3) is 0 Å². The lowest BCUT2D eigenvalue weighted by molar-refractivity contribution is -0.190. The lowest BCUT2D eigenvalue weighted by Gasteiger charge is -2.62. The van der Waals surface area contributed by atoms with Crippen molar-refractivity contribution < 1.29 is 29.4 Å². The normalized spacial score (nSPS) is 31.9. The Morgan fingerprint density at radius 2 is 1.88 bits per heavy atom. The highest BCUT2D eigenvalue weighted by atomic mass is 16.7. The average molecular weight is 790 g/mol. The number of benzene rings is 2. The van der Waals surface area contributed by atoms with Crippen molar-refractivity contribution in [2.45, 2.75) is 109 Å². The quantitative estimate of drug-likeness (QED) is 0.103. The van der Waals surface area contributed by atoms with Gasteiger partial charge >= 0.3 is 0 Å². The first kappa shape index (κ1) is 43.0. The second kappa shape index (κ2) is 18.1. The molecule has 12 atom stereocenters. The Balaban J connectivity index is 1.23. The van der Waals surface area contributed by atoms with Crippen LogP contribution in [-0.2, 0) is 20.8 Å². The van der Waals surface area contributed by atoms with Crippen LogP contribution in [0.4, 0.5) is 5.69 Å². The topological polar surface area (TPSA) is 186 Å². The molecule has 4 saturated carbocycles. The van der Waals surface area contributed by atoms with Gasteiger partial charge in [0.2, 0.25) is 5.91 Å². The van der Waals surface area contributed by atoms with E-state index in [2.05, 4.69) is 53.8 Å². The summed E-state index contributed by atoms with van der Waals surface area (Å²) >= 11 is 0. The molecule has 0 aromatic heterocycles. The second-order valence-corrected chi connectivity index (χ2v) is 18.3. The van der Waals surface area contributed by atoms with Crippen molar-refractivity contribution in [2.24, 2.45) is 40.7 Å². The van der Waals surface area contributed by atoms with E-state index in [-0.39, 0.29) is 59.8 Å². The number of anilines is 1. The molecular formula is C44H67N7O6. The largest absolute Gasteiger partial charge is 0.394 e. The number of hydroxylamine groups is 2. The molecule has 1 aliphatic heterocycles. The van der Waals surface area contributed by atoms with Gasteiger partial charge < -0.3 is 41.5 Å². The van der Waals surface area contributed by atoms with Crippen molar-refractivity contribution >= 4 is 23.5 Å². The fourth-order valence-corrected chi connectivity index (χ4v) is 10.9. The Bertz CT molecular complexity index is 1710. The van der Waals surface area contributed by atoms with E-state index in [1.54, 1.807) is 25.2 Å². The Labute approximate surface area is 338 Å². The minimum absolute atomic E-state index is 0.0449. The van der Waals surface area contributed by atoms with Crippen molar-refractivity contribution in [1.82, 2.24) is 20.6 Å². The third-order valence-corrected chi connectivity index (χ3v) is 13.9. The maximum atomic E-state index is 14.3. The maximum Gasteiger partial charge on any atom is 0.251 e.